The first kappa shape index (κ1) is 11.9. The summed E-state index contributed by atoms with van der Waals surface area (Å²) in [4.78, 5) is 15.2. The Hall–Kier alpha value is -0.610. The van der Waals surface area contributed by atoms with Crippen molar-refractivity contribution in [2.24, 2.45) is 5.92 Å². The van der Waals surface area contributed by atoms with Crippen LogP contribution in [0.2, 0.25) is 0 Å². The van der Waals surface area contributed by atoms with Gasteiger partial charge in [-0.3, -0.25) is 14.6 Å². The molecule has 0 aromatic carbocycles. The highest BCUT2D eigenvalue weighted by atomic mass is 16.4. The number of carbonyl (C=O) groups is 1. The minimum Gasteiger partial charge on any atom is -0.480 e. The summed E-state index contributed by atoms with van der Waals surface area (Å²) < 4.78 is 0. The maximum Gasteiger partial charge on any atom is 0.317 e. The van der Waals surface area contributed by atoms with Crippen molar-refractivity contribution in [3.05, 3.63) is 0 Å². The fourth-order valence-corrected chi connectivity index (χ4v) is 2.82. The first-order valence-electron chi connectivity index (χ1n) is 6.39. The third kappa shape index (κ3) is 2.95. The molecule has 0 spiro atoms. The number of rotatable bonds is 5. The predicted molar refractivity (Wildman–Crippen MR) is 62.5 cm³/mol. The summed E-state index contributed by atoms with van der Waals surface area (Å²) in [7, 11) is 0. The zero-order valence-corrected chi connectivity index (χ0v) is 10.1. The van der Waals surface area contributed by atoms with Crippen LogP contribution < -0.4 is 0 Å². The lowest BCUT2D eigenvalue weighted by Crippen LogP contribution is -2.51. The van der Waals surface area contributed by atoms with Gasteiger partial charge in [0.2, 0.25) is 0 Å². The van der Waals surface area contributed by atoms with Gasteiger partial charge < -0.3 is 5.11 Å². The summed E-state index contributed by atoms with van der Waals surface area (Å²) in [6.45, 7) is 6.39. The second-order valence-electron chi connectivity index (χ2n) is 5.02. The average molecular weight is 226 g/mol. The van der Waals surface area contributed by atoms with Gasteiger partial charge in [-0.05, 0) is 25.2 Å². The molecule has 92 valence electrons. The van der Waals surface area contributed by atoms with Crippen LogP contribution in [-0.2, 0) is 4.79 Å². The summed E-state index contributed by atoms with van der Waals surface area (Å²) in [5, 5.41) is 8.73. The normalized spacial score (nSPS) is 25.6. The Kier molecular flexibility index (Phi) is 3.82. The van der Waals surface area contributed by atoms with Gasteiger partial charge in [-0.1, -0.05) is 6.92 Å². The van der Waals surface area contributed by atoms with Crippen LogP contribution in [0.5, 0.6) is 0 Å². The molecule has 0 amide bonds. The van der Waals surface area contributed by atoms with E-state index in [1.807, 2.05) is 4.90 Å². The van der Waals surface area contributed by atoms with E-state index < -0.39 is 5.97 Å². The van der Waals surface area contributed by atoms with Crippen LogP contribution in [-0.4, -0.2) is 59.6 Å². The first-order chi connectivity index (χ1) is 7.70. The molecule has 1 heterocycles. The molecule has 1 N–H and O–H groups in total. The van der Waals surface area contributed by atoms with Gasteiger partial charge in [-0.2, -0.15) is 0 Å². The Morgan fingerprint density at radius 2 is 1.94 bits per heavy atom. The van der Waals surface area contributed by atoms with Crippen molar-refractivity contribution in [1.29, 1.82) is 0 Å². The van der Waals surface area contributed by atoms with Gasteiger partial charge in [-0.15, -0.1) is 0 Å². The number of nitrogens with zero attached hydrogens (tertiary/aromatic N) is 2. The lowest BCUT2D eigenvalue weighted by Gasteiger charge is -2.38. The fourth-order valence-electron chi connectivity index (χ4n) is 2.82. The van der Waals surface area contributed by atoms with Gasteiger partial charge in [0.05, 0.1) is 6.54 Å². The molecule has 0 aromatic heterocycles. The van der Waals surface area contributed by atoms with Gasteiger partial charge in [0.1, 0.15) is 0 Å². The summed E-state index contributed by atoms with van der Waals surface area (Å²) >= 11 is 0. The summed E-state index contributed by atoms with van der Waals surface area (Å²) in [5.74, 6) is 0.221. The molecule has 0 aromatic rings. The summed E-state index contributed by atoms with van der Waals surface area (Å²) in [6, 6.07) is 0.756. The van der Waals surface area contributed by atoms with Gasteiger partial charge >= 0.3 is 5.97 Å². The molecule has 2 rings (SSSR count). The van der Waals surface area contributed by atoms with Gasteiger partial charge in [0, 0.05) is 32.2 Å². The highest BCUT2D eigenvalue weighted by Gasteiger charge is 2.35. The minimum atomic E-state index is -0.706. The largest absolute Gasteiger partial charge is 0.480 e. The van der Waals surface area contributed by atoms with Crippen molar-refractivity contribution in [2.75, 3.05) is 32.7 Å². The molecule has 16 heavy (non-hydrogen) atoms. The Morgan fingerprint density at radius 1 is 1.31 bits per heavy atom. The molecule has 2 fully saturated rings. The lowest BCUT2D eigenvalue weighted by atomic mass is 10.1. The number of hydrogen-bond acceptors (Lipinski definition) is 3. The van der Waals surface area contributed by atoms with Crippen molar-refractivity contribution >= 4 is 5.97 Å². The van der Waals surface area contributed by atoms with E-state index in [1.165, 1.54) is 19.3 Å². The van der Waals surface area contributed by atoms with Crippen LogP contribution in [0.15, 0.2) is 0 Å². The van der Waals surface area contributed by atoms with Crippen molar-refractivity contribution in [3.63, 3.8) is 0 Å². The van der Waals surface area contributed by atoms with Gasteiger partial charge in [-0.25, -0.2) is 0 Å². The third-order valence-electron chi connectivity index (χ3n) is 3.82. The Bertz CT molecular complexity index is 245. The van der Waals surface area contributed by atoms with Crippen molar-refractivity contribution in [1.82, 2.24) is 9.80 Å². The van der Waals surface area contributed by atoms with E-state index in [4.69, 9.17) is 5.11 Å². The molecule has 1 aliphatic carbocycles. The van der Waals surface area contributed by atoms with Crippen LogP contribution in [0, 0.1) is 5.92 Å². The van der Waals surface area contributed by atoms with E-state index in [0.717, 1.165) is 38.1 Å². The van der Waals surface area contributed by atoms with Crippen LogP contribution in [0.3, 0.4) is 0 Å². The molecule has 1 unspecified atom stereocenters. The molecule has 2 aliphatic rings. The molecule has 0 radical (unpaired) electrons. The van der Waals surface area contributed by atoms with Crippen LogP contribution in [0.4, 0.5) is 0 Å². The molecule has 1 aliphatic heterocycles. The lowest BCUT2D eigenvalue weighted by molar-refractivity contribution is -0.138. The molecular weight excluding hydrogens is 204 g/mol. The van der Waals surface area contributed by atoms with E-state index in [9.17, 15) is 4.79 Å². The van der Waals surface area contributed by atoms with Crippen LogP contribution >= 0.6 is 0 Å². The van der Waals surface area contributed by atoms with E-state index in [0.29, 0.717) is 0 Å². The summed E-state index contributed by atoms with van der Waals surface area (Å²) in [6.07, 6.45) is 4.03. The van der Waals surface area contributed by atoms with Crippen LogP contribution in [0.1, 0.15) is 26.2 Å². The van der Waals surface area contributed by atoms with Crippen LogP contribution in [0.25, 0.3) is 0 Å². The molecule has 4 heteroatoms. The molecule has 1 saturated heterocycles. The topological polar surface area (TPSA) is 43.8 Å². The van der Waals surface area contributed by atoms with E-state index in [-0.39, 0.29) is 6.54 Å². The molecule has 1 atom stereocenters. The smallest absolute Gasteiger partial charge is 0.317 e. The van der Waals surface area contributed by atoms with E-state index in [2.05, 4.69) is 11.8 Å². The molecule has 0 bridgehead atoms. The zero-order valence-electron chi connectivity index (χ0n) is 10.1. The molecular formula is C12H22N2O2. The maximum absolute atomic E-state index is 10.6. The Balaban J connectivity index is 1.77. The third-order valence-corrected chi connectivity index (χ3v) is 3.82. The Morgan fingerprint density at radius 3 is 2.38 bits per heavy atom. The summed E-state index contributed by atoms with van der Waals surface area (Å²) in [5.41, 5.74) is 0. The number of carboxylic acids is 1. The van der Waals surface area contributed by atoms with Crippen molar-refractivity contribution < 1.29 is 9.90 Å². The molecule has 4 nitrogen and oxygen atoms in total. The zero-order chi connectivity index (χ0) is 11.5. The standard InChI is InChI=1S/C12H22N2O2/c1-2-11(10-3-4-10)14-7-5-13(6-8-14)9-12(15)16/h10-11H,2-9H2,1H3,(H,15,16). The minimum absolute atomic E-state index is 0.202. The quantitative estimate of drug-likeness (QED) is 0.755. The number of aliphatic carboxylic acids is 1. The second-order valence-corrected chi connectivity index (χ2v) is 5.02. The number of carboxylic acid groups (broad SMARTS) is 1. The number of hydrogen-bond donors (Lipinski definition) is 1. The van der Waals surface area contributed by atoms with Crippen molar-refractivity contribution in [3.8, 4) is 0 Å². The van der Waals surface area contributed by atoms with Crippen molar-refractivity contribution in [2.45, 2.75) is 32.2 Å². The second kappa shape index (κ2) is 5.15. The van der Waals surface area contributed by atoms with E-state index in [1.54, 1.807) is 0 Å². The maximum atomic E-state index is 10.6. The van der Waals surface area contributed by atoms with Gasteiger partial charge in [0.25, 0.3) is 0 Å². The Labute approximate surface area is 97.2 Å². The fraction of sp³-hybridized carbons (Fsp3) is 0.917. The van der Waals surface area contributed by atoms with Gasteiger partial charge in [0.15, 0.2) is 0 Å². The highest BCUT2D eigenvalue weighted by Crippen LogP contribution is 2.37. The average Bonchev–Trinajstić information content (AvgIpc) is 3.05. The predicted octanol–water partition coefficient (Wildman–Crippen LogP) is 0.877. The first-order valence-corrected chi connectivity index (χ1v) is 6.39. The SMILES string of the molecule is CCC(C1CC1)N1CCN(CC(=O)O)CC1. The molecule has 1 saturated carbocycles. The highest BCUT2D eigenvalue weighted by molar-refractivity contribution is 5.69. The monoisotopic (exact) mass is 226 g/mol. The number of piperazine rings is 1. The van der Waals surface area contributed by atoms with E-state index >= 15 is 0 Å².